The van der Waals surface area contributed by atoms with Crippen molar-refractivity contribution in [3.63, 3.8) is 0 Å². The fraction of sp³-hybridized carbons (Fsp3) is 0.515. The van der Waals surface area contributed by atoms with E-state index in [1.807, 2.05) is 12.2 Å². The number of rotatable bonds is 49. The highest BCUT2D eigenvalue weighted by Gasteiger charge is 2.19. The van der Waals surface area contributed by atoms with Crippen molar-refractivity contribution in [1.82, 2.24) is 0 Å². The van der Waals surface area contributed by atoms with E-state index in [0.29, 0.717) is 19.3 Å². The Labute approximate surface area is 453 Å². The number of carbonyl (C=O) groups excluding carboxylic acids is 3. The summed E-state index contributed by atoms with van der Waals surface area (Å²) >= 11 is 0. The molecule has 0 heterocycles. The van der Waals surface area contributed by atoms with Crippen LogP contribution in [0.15, 0.2) is 182 Å². The van der Waals surface area contributed by atoms with Crippen LogP contribution in [0.1, 0.15) is 207 Å². The van der Waals surface area contributed by atoms with Gasteiger partial charge >= 0.3 is 17.9 Å². The molecule has 6 heteroatoms. The predicted octanol–water partition coefficient (Wildman–Crippen LogP) is 19.7. The largest absolute Gasteiger partial charge is 0.462 e. The van der Waals surface area contributed by atoms with Gasteiger partial charge in [-0.15, -0.1) is 0 Å². The van der Waals surface area contributed by atoms with Crippen molar-refractivity contribution < 1.29 is 28.6 Å². The molecule has 6 nitrogen and oxygen atoms in total. The predicted molar refractivity (Wildman–Crippen MR) is 320 cm³/mol. The molecule has 0 fully saturated rings. The average Bonchev–Trinajstić information content (AvgIpc) is 3.40. The lowest BCUT2D eigenvalue weighted by Gasteiger charge is -2.18. The fourth-order valence-corrected chi connectivity index (χ4v) is 6.94. The highest BCUT2D eigenvalue weighted by molar-refractivity contribution is 5.71. The zero-order valence-electron chi connectivity index (χ0n) is 46.8. The Kier molecular flexibility index (Phi) is 55.6. The second-order valence-corrected chi connectivity index (χ2v) is 18.1. The third-order valence-electron chi connectivity index (χ3n) is 11.2. The minimum atomic E-state index is -0.850. The lowest BCUT2D eigenvalue weighted by atomic mass is 10.1. The molecule has 0 radical (unpaired) electrons. The van der Waals surface area contributed by atoms with Gasteiger partial charge in [0.1, 0.15) is 13.2 Å². The molecule has 0 bridgehead atoms. The maximum atomic E-state index is 12.8. The van der Waals surface area contributed by atoms with E-state index in [1.54, 1.807) is 0 Å². The average molecular weight is 1020 g/mol. The molecule has 1 unspecified atom stereocenters. The molecule has 0 spiro atoms. The van der Waals surface area contributed by atoms with E-state index in [2.05, 4.69) is 191 Å². The van der Waals surface area contributed by atoms with Gasteiger partial charge in [0.25, 0.3) is 0 Å². The maximum absolute atomic E-state index is 12.8. The quantitative estimate of drug-likeness (QED) is 0.0261. The summed E-state index contributed by atoms with van der Waals surface area (Å²) in [5, 5.41) is 0. The zero-order chi connectivity index (χ0) is 53.6. The molecule has 0 saturated carbocycles. The smallest absolute Gasteiger partial charge is 0.306 e. The number of allylic oxidation sites excluding steroid dienone is 30. The van der Waals surface area contributed by atoms with Gasteiger partial charge in [0.15, 0.2) is 6.10 Å². The zero-order valence-corrected chi connectivity index (χ0v) is 46.8. The Morgan fingerprint density at radius 3 is 0.878 bits per heavy atom. The van der Waals surface area contributed by atoms with Crippen LogP contribution < -0.4 is 0 Å². The van der Waals surface area contributed by atoms with Crippen molar-refractivity contribution >= 4 is 17.9 Å². The second kappa shape index (κ2) is 60.1. The van der Waals surface area contributed by atoms with Crippen molar-refractivity contribution in [3.8, 4) is 0 Å². The summed E-state index contributed by atoms with van der Waals surface area (Å²) in [6.07, 6.45) is 90.6. The third kappa shape index (κ3) is 57.4. The van der Waals surface area contributed by atoms with Gasteiger partial charge < -0.3 is 14.2 Å². The topological polar surface area (TPSA) is 78.9 Å². The van der Waals surface area contributed by atoms with Crippen molar-refractivity contribution in [2.24, 2.45) is 0 Å². The summed E-state index contributed by atoms with van der Waals surface area (Å²) in [5.41, 5.74) is 0. The molecule has 74 heavy (non-hydrogen) atoms. The standard InChI is InChI=1S/C68H102O6/c1-4-7-10-13-16-19-21-23-25-27-29-30-31-32-33-34-35-36-37-38-40-41-43-45-47-49-52-55-58-61-67(70)73-64-65(63-72-66(69)60-57-54-51-18-15-12-9-6-3)74-68(71)62-59-56-53-50-48-46-44-42-39-28-26-24-22-20-17-14-11-8-5-2/h7-8,10-11,16-17,19-20,23-26,29-30,32-33,35-36,38-40,42-43,45-46,48-49,52-53,56,65H,4-6,9,12-15,18,21-22,27-28,31,34,37,41,44,47,50-51,54-55,57-64H2,1-3H3/b10-7-,11-8-,19-16-,20-17-,25-23-,26-24-,30-29-,33-32-,36-35-,40-38-,42-39-,45-43-,48-46-,52-49-,56-53-. The molecule has 0 aliphatic heterocycles. The molecule has 0 N–H and O–H groups in total. The van der Waals surface area contributed by atoms with E-state index in [0.717, 1.165) is 122 Å². The number of hydrogen-bond donors (Lipinski definition) is 0. The van der Waals surface area contributed by atoms with E-state index in [-0.39, 0.29) is 38.0 Å². The van der Waals surface area contributed by atoms with Crippen LogP contribution in [-0.4, -0.2) is 37.2 Å². The summed E-state index contributed by atoms with van der Waals surface area (Å²) < 4.78 is 16.7. The first-order chi connectivity index (χ1) is 36.5. The van der Waals surface area contributed by atoms with Crippen LogP contribution in [0.4, 0.5) is 0 Å². The highest BCUT2D eigenvalue weighted by atomic mass is 16.6. The molecule has 410 valence electrons. The van der Waals surface area contributed by atoms with Gasteiger partial charge in [-0.05, 0) is 122 Å². The van der Waals surface area contributed by atoms with Crippen LogP contribution in [0.25, 0.3) is 0 Å². The molecule has 0 aromatic rings. The van der Waals surface area contributed by atoms with Crippen LogP contribution in [0.2, 0.25) is 0 Å². The monoisotopic (exact) mass is 1010 g/mol. The Hall–Kier alpha value is -5.49. The molecule has 0 amide bonds. The first-order valence-corrected chi connectivity index (χ1v) is 28.8. The molecular weight excluding hydrogens is 913 g/mol. The van der Waals surface area contributed by atoms with Gasteiger partial charge in [0.2, 0.25) is 0 Å². The summed E-state index contributed by atoms with van der Waals surface area (Å²) in [6, 6.07) is 0. The molecule has 1 atom stereocenters. The van der Waals surface area contributed by atoms with Gasteiger partial charge in [0, 0.05) is 19.3 Å². The van der Waals surface area contributed by atoms with E-state index in [1.165, 1.54) is 32.1 Å². The van der Waals surface area contributed by atoms with Crippen molar-refractivity contribution in [3.05, 3.63) is 182 Å². The molecule has 0 aliphatic carbocycles. The summed E-state index contributed by atoms with van der Waals surface area (Å²) in [5.74, 6) is -1.10. The molecule has 0 aromatic carbocycles. The molecule has 0 aromatic heterocycles. The number of carbonyl (C=O) groups is 3. The highest BCUT2D eigenvalue weighted by Crippen LogP contribution is 2.11. The maximum Gasteiger partial charge on any atom is 0.306 e. The van der Waals surface area contributed by atoms with Crippen LogP contribution >= 0.6 is 0 Å². The van der Waals surface area contributed by atoms with Gasteiger partial charge in [0.05, 0.1) is 0 Å². The Bertz CT molecular complexity index is 1780. The first kappa shape index (κ1) is 68.5. The van der Waals surface area contributed by atoms with E-state index in [9.17, 15) is 14.4 Å². The number of esters is 3. The molecular formula is C68H102O6. The van der Waals surface area contributed by atoms with Crippen molar-refractivity contribution in [2.45, 2.75) is 213 Å². The Balaban J connectivity index is 4.47. The lowest BCUT2D eigenvalue weighted by Crippen LogP contribution is -2.30. The summed E-state index contributed by atoms with van der Waals surface area (Å²) in [7, 11) is 0. The third-order valence-corrected chi connectivity index (χ3v) is 11.2. The minimum Gasteiger partial charge on any atom is -0.462 e. The van der Waals surface area contributed by atoms with Crippen LogP contribution in [0.5, 0.6) is 0 Å². The number of hydrogen-bond acceptors (Lipinski definition) is 6. The van der Waals surface area contributed by atoms with E-state index >= 15 is 0 Å². The first-order valence-electron chi connectivity index (χ1n) is 28.8. The van der Waals surface area contributed by atoms with Crippen LogP contribution in [0, 0.1) is 0 Å². The lowest BCUT2D eigenvalue weighted by molar-refractivity contribution is -0.166. The van der Waals surface area contributed by atoms with Gasteiger partial charge in [-0.3, -0.25) is 14.4 Å². The van der Waals surface area contributed by atoms with E-state index < -0.39 is 12.1 Å². The molecule has 0 rings (SSSR count). The summed E-state index contributed by atoms with van der Waals surface area (Å²) in [6.45, 7) is 6.24. The van der Waals surface area contributed by atoms with Crippen LogP contribution in [0.3, 0.4) is 0 Å². The Morgan fingerprint density at radius 1 is 0.284 bits per heavy atom. The van der Waals surface area contributed by atoms with Crippen LogP contribution in [-0.2, 0) is 28.6 Å². The second-order valence-electron chi connectivity index (χ2n) is 18.1. The van der Waals surface area contributed by atoms with Crippen molar-refractivity contribution in [2.75, 3.05) is 13.2 Å². The number of ether oxygens (including phenoxy) is 3. The van der Waals surface area contributed by atoms with E-state index in [4.69, 9.17) is 14.2 Å². The number of unbranched alkanes of at least 4 members (excludes halogenated alkanes) is 8. The van der Waals surface area contributed by atoms with Crippen molar-refractivity contribution in [1.29, 1.82) is 0 Å². The SMILES string of the molecule is CC/C=C\C/C=C\C/C=C\C/C=C\C/C=C\C/C=C\C/C=C\C/C=C\C/C=C\CCCC(=O)OCC(COC(=O)CCCCCCCCCC)OC(=O)CC/C=C\C/C=C\C/C=C\C/C=C\C/C=C\C/C=C\CC. The molecule has 0 aliphatic rings. The van der Waals surface area contributed by atoms with Gasteiger partial charge in [-0.1, -0.05) is 248 Å². The minimum absolute atomic E-state index is 0.135. The van der Waals surface area contributed by atoms with Gasteiger partial charge in [-0.25, -0.2) is 0 Å². The summed E-state index contributed by atoms with van der Waals surface area (Å²) in [4.78, 5) is 37.9. The Morgan fingerprint density at radius 2 is 0.554 bits per heavy atom. The fourth-order valence-electron chi connectivity index (χ4n) is 6.94. The van der Waals surface area contributed by atoms with Gasteiger partial charge in [-0.2, -0.15) is 0 Å². The molecule has 0 saturated heterocycles. The normalized spacial score (nSPS) is 13.5.